The second-order valence-corrected chi connectivity index (χ2v) is 12.6. The van der Waals surface area contributed by atoms with Crippen LogP contribution in [-0.4, -0.2) is 69.6 Å². The lowest BCUT2D eigenvalue weighted by atomic mass is 9.92. The third-order valence-electron chi connectivity index (χ3n) is 7.06. The molecule has 0 radical (unpaired) electrons. The molecular weight excluding hydrogens is 516 g/mol. The number of benzene rings is 1. The van der Waals surface area contributed by atoms with Crippen LogP contribution < -0.4 is 16.0 Å². The van der Waals surface area contributed by atoms with E-state index >= 15 is 0 Å². The van der Waals surface area contributed by atoms with Gasteiger partial charge in [-0.2, -0.15) is 5.10 Å². The van der Waals surface area contributed by atoms with Gasteiger partial charge in [0.25, 0.3) is 0 Å². The summed E-state index contributed by atoms with van der Waals surface area (Å²) in [5.41, 5.74) is 10.1. The van der Waals surface area contributed by atoms with Crippen molar-refractivity contribution in [2.24, 2.45) is 11.7 Å². The molecule has 0 unspecified atom stereocenters. The lowest BCUT2D eigenvalue weighted by Gasteiger charge is -2.47. The van der Waals surface area contributed by atoms with E-state index in [2.05, 4.69) is 51.3 Å². The van der Waals surface area contributed by atoms with Gasteiger partial charge in [-0.3, -0.25) is 4.68 Å². The molecule has 0 amide bonds. The van der Waals surface area contributed by atoms with Gasteiger partial charge in [-0.15, -0.1) is 0 Å². The Morgan fingerprint density at radius 1 is 1.18 bits per heavy atom. The van der Waals surface area contributed by atoms with Gasteiger partial charge in [0.2, 0.25) is 0 Å². The zero-order valence-electron chi connectivity index (χ0n) is 22.5. The SMILES string of the molecule is Cc1nn(CCO)cc1-c1nccc(Nc2cc3c(C(C)C)ccc(N4C[C@H](CS(C)(=O)=O)[C@H]4N)c3cn2)n1. The number of hydrogen-bond donors (Lipinski definition) is 3. The van der Waals surface area contributed by atoms with Crippen LogP contribution in [0.4, 0.5) is 17.3 Å². The molecule has 0 saturated carbocycles. The second kappa shape index (κ2) is 10.5. The van der Waals surface area contributed by atoms with Crippen LogP contribution in [0.25, 0.3) is 22.2 Å². The molecule has 11 nitrogen and oxygen atoms in total. The van der Waals surface area contributed by atoms with Crippen LogP contribution in [0.3, 0.4) is 0 Å². The summed E-state index contributed by atoms with van der Waals surface area (Å²) in [6.07, 6.45) is 6.23. The standard InChI is InChI=1S/C27H34N8O3S/c1-16(2)19-5-6-23(35-13-18(26(35)28)15-39(4,37)38)21-12-30-25(11-20(19)21)31-24-7-8-29-27(32-24)22-14-34(9-10-36)33-17(22)3/h5-8,11-12,14,16,18,26,36H,9-10,13,15,28H2,1-4H3,(H,29,30,31,32)/t18-,26+/m1/s1. The summed E-state index contributed by atoms with van der Waals surface area (Å²) in [4.78, 5) is 15.8. The van der Waals surface area contributed by atoms with Gasteiger partial charge in [-0.05, 0) is 42.0 Å². The molecule has 1 aromatic carbocycles. The normalized spacial score (nSPS) is 17.6. The quantitative estimate of drug-likeness (QED) is 0.284. The number of aromatic nitrogens is 5. The third-order valence-corrected chi connectivity index (χ3v) is 8.10. The molecule has 206 valence electrons. The van der Waals surface area contributed by atoms with Crippen molar-refractivity contribution in [2.45, 2.75) is 39.4 Å². The number of hydrogen-bond acceptors (Lipinski definition) is 10. The van der Waals surface area contributed by atoms with E-state index in [0.717, 1.165) is 27.7 Å². The van der Waals surface area contributed by atoms with Crippen LogP contribution in [-0.2, 0) is 16.4 Å². The van der Waals surface area contributed by atoms with Gasteiger partial charge in [-0.25, -0.2) is 23.4 Å². The van der Waals surface area contributed by atoms with Crippen LogP contribution in [0.1, 0.15) is 31.0 Å². The fraction of sp³-hybridized carbons (Fsp3) is 0.407. The summed E-state index contributed by atoms with van der Waals surface area (Å²) < 4.78 is 25.2. The fourth-order valence-electron chi connectivity index (χ4n) is 5.11. The number of rotatable bonds is 9. The molecule has 4 aromatic rings. The maximum absolute atomic E-state index is 11.8. The molecule has 1 saturated heterocycles. The fourth-order valence-corrected chi connectivity index (χ4v) is 6.19. The summed E-state index contributed by atoms with van der Waals surface area (Å²) >= 11 is 0. The predicted octanol–water partition coefficient (Wildman–Crippen LogP) is 2.82. The topological polar surface area (TPSA) is 152 Å². The number of aliphatic hydroxyl groups excluding tert-OH is 1. The summed E-state index contributed by atoms with van der Waals surface area (Å²) in [6.45, 7) is 7.17. The number of nitrogens with two attached hydrogens (primary N) is 1. The number of aliphatic hydroxyl groups is 1. The zero-order valence-corrected chi connectivity index (χ0v) is 23.4. The molecule has 12 heteroatoms. The number of pyridine rings is 1. The van der Waals surface area contributed by atoms with Crippen molar-refractivity contribution in [3.05, 3.63) is 54.1 Å². The Balaban J connectivity index is 1.45. The van der Waals surface area contributed by atoms with Crippen molar-refractivity contribution in [2.75, 3.05) is 35.4 Å². The Bertz CT molecular complexity index is 1620. The molecule has 5 rings (SSSR count). The van der Waals surface area contributed by atoms with E-state index in [0.29, 0.717) is 30.5 Å². The molecule has 1 aliphatic rings. The van der Waals surface area contributed by atoms with Gasteiger partial charge in [0.05, 0.1) is 36.3 Å². The Morgan fingerprint density at radius 2 is 1.97 bits per heavy atom. The third kappa shape index (κ3) is 5.58. The van der Waals surface area contributed by atoms with E-state index in [1.165, 1.54) is 11.8 Å². The highest BCUT2D eigenvalue weighted by Gasteiger charge is 2.39. The van der Waals surface area contributed by atoms with E-state index in [-0.39, 0.29) is 30.4 Å². The number of nitrogens with one attached hydrogen (secondary N) is 1. The second-order valence-electron chi connectivity index (χ2n) is 10.4. The Labute approximate surface area is 228 Å². The Hall–Kier alpha value is -3.61. The van der Waals surface area contributed by atoms with Gasteiger partial charge < -0.3 is 21.1 Å². The predicted molar refractivity (Wildman–Crippen MR) is 153 cm³/mol. The maximum Gasteiger partial charge on any atom is 0.164 e. The van der Waals surface area contributed by atoms with Crippen LogP contribution in [0.5, 0.6) is 0 Å². The van der Waals surface area contributed by atoms with Crippen LogP contribution in [0, 0.1) is 12.8 Å². The Morgan fingerprint density at radius 3 is 2.67 bits per heavy atom. The first-order valence-corrected chi connectivity index (χ1v) is 15.0. The highest BCUT2D eigenvalue weighted by Crippen LogP contribution is 2.38. The first-order valence-electron chi connectivity index (χ1n) is 12.9. The van der Waals surface area contributed by atoms with E-state index in [1.54, 1.807) is 16.9 Å². The molecule has 0 bridgehead atoms. The summed E-state index contributed by atoms with van der Waals surface area (Å²) in [6, 6.07) is 7.96. The van der Waals surface area contributed by atoms with Crippen molar-refractivity contribution < 1.29 is 13.5 Å². The maximum atomic E-state index is 11.8. The molecule has 4 N–H and O–H groups in total. The number of aryl methyl sites for hydroxylation is 1. The highest BCUT2D eigenvalue weighted by atomic mass is 32.2. The molecule has 2 atom stereocenters. The van der Waals surface area contributed by atoms with Crippen LogP contribution >= 0.6 is 0 Å². The van der Waals surface area contributed by atoms with E-state index in [4.69, 9.17) is 5.73 Å². The minimum atomic E-state index is -3.10. The zero-order chi connectivity index (χ0) is 27.9. The van der Waals surface area contributed by atoms with E-state index in [1.807, 2.05) is 30.3 Å². The van der Waals surface area contributed by atoms with Gasteiger partial charge in [0.15, 0.2) is 5.82 Å². The lowest BCUT2D eigenvalue weighted by Crippen LogP contribution is -2.63. The number of nitrogens with zero attached hydrogens (tertiary/aromatic N) is 6. The average molecular weight is 551 g/mol. The summed E-state index contributed by atoms with van der Waals surface area (Å²) in [5.74, 6) is 2.03. The van der Waals surface area contributed by atoms with Gasteiger partial charge in [0, 0.05) is 48.4 Å². The Kier molecular flexibility index (Phi) is 7.27. The number of sulfone groups is 1. The summed E-state index contributed by atoms with van der Waals surface area (Å²) in [7, 11) is -3.10. The average Bonchev–Trinajstić information content (AvgIpc) is 3.25. The lowest BCUT2D eigenvalue weighted by molar-refractivity contribution is 0.269. The molecule has 1 aliphatic heterocycles. The van der Waals surface area contributed by atoms with Gasteiger partial charge >= 0.3 is 0 Å². The molecule has 0 spiro atoms. The van der Waals surface area contributed by atoms with E-state index in [9.17, 15) is 13.5 Å². The minimum absolute atomic E-state index is 0.00164. The number of fused-ring (bicyclic) bond motifs is 1. The molecule has 3 aromatic heterocycles. The van der Waals surface area contributed by atoms with Crippen molar-refractivity contribution in [1.29, 1.82) is 0 Å². The minimum Gasteiger partial charge on any atom is -0.394 e. The van der Waals surface area contributed by atoms with E-state index < -0.39 is 9.84 Å². The van der Waals surface area contributed by atoms with Crippen molar-refractivity contribution in [3.63, 3.8) is 0 Å². The van der Waals surface area contributed by atoms with Crippen molar-refractivity contribution in [3.8, 4) is 11.4 Å². The first-order chi connectivity index (χ1) is 18.5. The van der Waals surface area contributed by atoms with Crippen LogP contribution in [0.15, 0.2) is 42.9 Å². The highest BCUT2D eigenvalue weighted by molar-refractivity contribution is 7.90. The molecule has 1 fully saturated rings. The van der Waals surface area contributed by atoms with Crippen molar-refractivity contribution in [1.82, 2.24) is 24.7 Å². The van der Waals surface area contributed by atoms with Crippen molar-refractivity contribution >= 4 is 37.9 Å². The monoisotopic (exact) mass is 550 g/mol. The molecular formula is C27H34N8O3S. The largest absolute Gasteiger partial charge is 0.394 e. The smallest absolute Gasteiger partial charge is 0.164 e. The molecule has 4 heterocycles. The van der Waals surface area contributed by atoms with Gasteiger partial charge in [0.1, 0.15) is 21.5 Å². The van der Waals surface area contributed by atoms with Gasteiger partial charge in [-0.1, -0.05) is 19.9 Å². The molecule has 39 heavy (non-hydrogen) atoms. The summed E-state index contributed by atoms with van der Waals surface area (Å²) in [5, 5.41) is 19.0. The number of anilines is 3. The molecule has 0 aliphatic carbocycles. The van der Waals surface area contributed by atoms with Crippen LogP contribution in [0.2, 0.25) is 0 Å². The first kappa shape index (κ1) is 27.0.